The van der Waals surface area contributed by atoms with Crippen molar-refractivity contribution in [3.05, 3.63) is 0 Å². The van der Waals surface area contributed by atoms with Crippen LogP contribution in [0.25, 0.3) is 0 Å². The van der Waals surface area contributed by atoms with Crippen LogP contribution in [0.3, 0.4) is 0 Å². The molecule has 122 valence electrons. The summed E-state index contributed by atoms with van der Waals surface area (Å²) < 4.78 is 31.4. The summed E-state index contributed by atoms with van der Waals surface area (Å²) in [6.07, 6.45) is 1.04. The Morgan fingerprint density at radius 3 is 1.05 bits per heavy atom. The summed E-state index contributed by atoms with van der Waals surface area (Å²) >= 11 is 0. The van der Waals surface area contributed by atoms with Gasteiger partial charge in [0.05, 0.1) is 66.1 Å². The maximum atomic E-state index is 5.35. The minimum Gasteiger partial charge on any atom is -0.382 e. The highest BCUT2D eigenvalue weighted by Crippen LogP contribution is 1.84. The zero-order valence-corrected chi connectivity index (χ0v) is 12.9. The SMILES string of the molecule is CCCOCCOCCOCCOCCOCCOC. The van der Waals surface area contributed by atoms with E-state index in [9.17, 15) is 0 Å². The lowest BCUT2D eigenvalue weighted by molar-refractivity contribution is -0.0146. The van der Waals surface area contributed by atoms with Gasteiger partial charge in [-0.3, -0.25) is 0 Å². The van der Waals surface area contributed by atoms with Gasteiger partial charge in [-0.05, 0) is 6.42 Å². The molecule has 0 fully saturated rings. The van der Waals surface area contributed by atoms with Crippen LogP contribution in [0.15, 0.2) is 0 Å². The third-order valence-corrected chi connectivity index (χ3v) is 2.27. The summed E-state index contributed by atoms with van der Waals surface area (Å²) in [4.78, 5) is 0. The van der Waals surface area contributed by atoms with E-state index in [1.807, 2.05) is 0 Å². The summed E-state index contributed by atoms with van der Waals surface area (Å²) in [6, 6.07) is 0. The monoisotopic (exact) mass is 294 g/mol. The van der Waals surface area contributed by atoms with E-state index in [-0.39, 0.29) is 0 Å². The number of ether oxygens (including phenoxy) is 6. The summed E-state index contributed by atoms with van der Waals surface area (Å²) in [5.74, 6) is 0. The predicted molar refractivity (Wildman–Crippen MR) is 76.3 cm³/mol. The maximum absolute atomic E-state index is 5.35. The molecule has 6 nitrogen and oxygen atoms in total. The van der Waals surface area contributed by atoms with Crippen LogP contribution >= 0.6 is 0 Å². The van der Waals surface area contributed by atoms with Gasteiger partial charge in [0, 0.05) is 13.7 Å². The lowest BCUT2D eigenvalue weighted by Gasteiger charge is -2.07. The molecular weight excluding hydrogens is 264 g/mol. The average molecular weight is 294 g/mol. The zero-order chi connectivity index (χ0) is 14.7. The molecule has 0 spiro atoms. The standard InChI is InChI=1S/C14H30O6/c1-3-4-16-7-8-18-11-12-20-14-13-19-10-9-17-6-5-15-2/h3-14H2,1-2H3. The van der Waals surface area contributed by atoms with E-state index in [0.29, 0.717) is 66.1 Å². The minimum atomic E-state index is 0.577. The first-order valence-electron chi connectivity index (χ1n) is 7.29. The molecule has 0 aromatic heterocycles. The van der Waals surface area contributed by atoms with Crippen molar-refractivity contribution in [1.82, 2.24) is 0 Å². The highest BCUT2D eigenvalue weighted by molar-refractivity contribution is 4.36. The summed E-state index contributed by atoms with van der Waals surface area (Å²) in [5, 5.41) is 0. The molecule has 0 radical (unpaired) electrons. The van der Waals surface area contributed by atoms with Crippen molar-refractivity contribution < 1.29 is 28.4 Å². The van der Waals surface area contributed by atoms with Crippen molar-refractivity contribution in [2.24, 2.45) is 0 Å². The second-order valence-electron chi connectivity index (χ2n) is 4.05. The molecule has 0 aromatic carbocycles. The van der Waals surface area contributed by atoms with Crippen molar-refractivity contribution >= 4 is 0 Å². The van der Waals surface area contributed by atoms with Gasteiger partial charge in [-0.2, -0.15) is 0 Å². The first kappa shape index (κ1) is 19.8. The predicted octanol–water partition coefficient (Wildman–Crippen LogP) is 1.13. The molecular formula is C14H30O6. The van der Waals surface area contributed by atoms with E-state index < -0.39 is 0 Å². The Morgan fingerprint density at radius 2 is 0.750 bits per heavy atom. The molecule has 0 aliphatic heterocycles. The first-order chi connectivity index (χ1) is 9.91. The van der Waals surface area contributed by atoms with Crippen LogP contribution in [0.1, 0.15) is 13.3 Å². The second kappa shape index (κ2) is 18.8. The molecule has 0 bridgehead atoms. The Balaban J connectivity index is 2.89. The van der Waals surface area contributed by atoms with E-state index in [0.717, 1.165) is 13.0 Å². The second-order valence-corrected chi connectivity index (χ2v) is 4.05. The smallest absolute Gasteiger partial charge is 0.0701 e. The number of hydrogen-bond acceptors (Lipinski definition) is 6. The molecule has 20 heavy (non-hydrogen) atoms. The van der Waals surface area contributed by atoms with Gasteiger partial charge in [0.15, 0.2) is 0 Å². The Bertz CT molecular complexity index is 150. The van der Waals surface area contributed by atoms with Gasteiger partial charge in [0.25, 0.3) is 0 Å². The highest BCUT2D eigenvalue weighted by atomic mass is 16.6. The summed E-state index contributed by atoms with van der Waals surface area (Å²) in [7, 11) is 1.65. The van der Waals surface area contributed by atoms with Crippen molar-refractivity contribution in [2.45, 2.75) is 13.3 Å². The van der Waals surface area contributed by atoms with Gasteiger partial charge in [-0.15, -0.1) is 0 Å². The largest absolute Gasteiger partial charge is 0.382 e. The molecule has 0 N–H and O–H groups in total. The topological polar surface area (TPSA) is 55.4 Å². The van der Waals surface area contributed by atoms with Crippen molar-refractivity contribution in [3.8, 4) is 0 Å². The average Bonchev–Trinajstić information content (AvgIpc) is 2.47. The minimum absolute atomic E-state index is 0.577. The van der Waals surface area contributed by atoms with Gasteiger partial charge in [-0.25, -0.2) is 0 Å². The third-order valence-electron chi connectivity index (χ3n) is 2.27. The number of rotatable bonds is 17. The van der Waals surface area contributed by atoms with Gasteiger partial charge < -0.3 is 28.4 Å². The van der Waals surface area contributed by atoms with Crippen LogP contribution in [0.2, 0.25) is 0 Å². The summed E-state index contributed by atoms with van der Waals surface area (Å²) in [6.45, 7) is 8.89. The molecule has 0 amide bonds. The number of hydrogen-bond donors (Lipinski definition) is 0. The molecule has 0 aliphatic carbocycles. The summed E-state index contributed by atoms with van der Waals surface area (Å²) in [5.41, 5.74) is 0. The molecule has 0 unspecified atom stereocenters. The quantitative estimate of drug-likeness (QED) is 0.375. The van der Waals surface area contributed by atoms with Crippen molar-refractivity contribution in [3.63, 3.8) is 0 Å². The van der Waals surface area contributed by atoms with E-state index in [1.54, 1.807) is 7.11 Å². The fourth-order valence-electron chi connectivity index (χ4n) is 1.27. The fraction of sp³-hybridized carbons (Fsp3) is 1.00. The van der Waals surface area contributed by atoms with Gasteiger partial charge in [-0.1, -0.05) is 6.92 Å². The van der Waals surface area contributed by atoms with E-state index >= 15 is 0 Å². The Hall–Kier alpha value is -0.240. The normalized spacial score (nSPS) is 11.1. The van der Waals surface area contributed by atoms with Gasteiger partial charge in [0.1, 0.15) is 0 Å². The number of methoxy groups -OCH3 is 1. The van der Waals surface area contributed by atoms with E-state index in [4.69, 9.17) is 28.4 Å². The van der Waals surface area contributed by atoms with Crippen LogP contribution in [0.4, 0.5) is 0 Å². The lowest BCUT2D eigenvalue weighted by Crippen LogP contribution is -2.13. The molecule has 0 atom stereocenters. The Morgan fingerprint density at radius 1 is 0.450 bits per heavy atom. The molecule has 0 rings (SSSR count). The lowest BCUT2D eigenvalue weighted by atomic mass is 10.5. The first-order valence-corrected chi connectivity index (χ1v) is 7.29. The molecule has 0 aromatic rings. The Labute approximate surface area is 122 Å². The van der Waals surface area contributed by atoms with Crippen LogP contribution in [0, 0.1) is 0 Å². The van der Waals surface area contributed by atoms with Crippen LogP contribution in [-0.2, 0) is 28.4 Å². The Kier molecular flexibility index (Phi) is 18.5. The van der Waals surface area contributed by atoms with Gasteiger partial charge >= 0.3 is 0 Å². The zero-order valence-electron chi connectivity index (χ0n) is 12.9. The van der Waals surface area contributed by atoms with Crippen molar-refractivity contribution in [2.75, 3.05) is 79.8 Å². The molecule has 0 heterocycles. The van der Waals surface area contributed by atoms with E-state index in [1.165, 1.54) is 0 Å². The van der Waals surface area contributed by atoms with Crippen LogP contribution < -0.4 is 0 Å². The van der Waals surface area contributed by atoms with E-state index in [2.05, 4.69) is 6.92 Å². The van der Waals surface area contributed by atoms with Crippen LogP contribution in [0.5, 0.6) is 0 Å². The molecule has 0 saturated carbocycles. The highest BCUT2D eigenvalue weighted by Gasteiger charge is 1.93. The molecule has 0 saturated heterocycles. The third kappa shape index (κ3) is 17.8. The molecule has 0 aliphatic rings. The molecule has 6 heteroatoms. The van der Waals surface area contributed by atoms with Crippen molar-refractivity contribution in [1.29, 1.82) is 0 Å². The fourth-order valence-corrected chi connectivity index (χ4v) is 1.27. The van der Waals surface area contributed by atoms with Gasteiger partial charge in [0.2, 0.25) is 0 Å². The maximum Gasteiger partial charge on any atom is 0.0701 e. The van der Waals surface area contributed by atoms with Crippen LogP contribution in [-0.4, -0.2) is 79.8 Å².